The van der Waals surface area contributed by atoms with E-state index in [-0.39, 0.29) is 11.9 Å². The fourth-order valence-corrected chi connectivity index (χ4v) is 2.16. The molecule has 1 atom stereocenters. The molecule has 1 fully saturated rings. The van der Waals surface area contributed by atoms with Gasteiger partial charge in [-0.1, -0.05) is 0 Å². The Morgan fingerprint density at radius 1 is 1.41 bits per heavy atom. The van der Waals surface area contributed by atoms with Gasteiger partial charge in [0.1, 0.15) is 5.82 Å². The van der Waals surface area contributed by atoms with E-state index in [1.165, 1.54) is 12.1 Å². The molecule has 1 aliphatic heterocycles. The highest BCUT2D eigenvalue weighted by atomic mass is 32.1. The van der Waals surface area contributed by atoms with Gasteiger partial charge in [0.15, 0.2) is 5.11 Å². The van der Waals surface area contributed by atoms with Gasteiger partial charge in [0.2, 0.25) is 0 Å². The molecule has 0 saturated carbocycles. The summed E-state index contributed by atoms with van der Waals surface area (Å²) >= 11 is 5.25. The van der Waals surface area contributed by atoms with E-state index in [4.69, 9.17) is 12.2 Å². The third kappa shape index (κ3) is 3.38. The Morgan fingerprint density at radius 3 is 2.76 bits per heavy atom. The van der Waals surface area contributed by atoms with Gasteiger partial charge in [0.05, 0.1) is 6.10 Å². The van der Waals surface area contributed by atoms with Gasteiger partial charge in [-0.25, -0.2) is 4.39 Å². The fourth-order valence-electron chi connectivity index (χ4n) is 1.87. The lowest BCUT2D eigenvalue weighted by Gasteiger charge is -2.32. The van der Waals surface area contributed by atoms with E-state index < -0.39 is 0 Å². The Bertz CT molecular complexity index is 396. The Kier molecular flexibility index (Phi) is 3.91. The number of rotatable bonds is 1. The van der Waals surface area contributed by atoms with Gasteiger partial charge in [-0.3, -0.25) is 0 Å². The van der Waals surface area contributed by atoms with Crippen molar-refractivity contribution in [2.45, 2.75) is 18.9 Å². The van der Waals surface area contributed by atoms with Gasteiger partial charge < -0.3 is 15.3 Å². The minimum absolute atomic E-state index is 0.269. The summed E-state index contributed by atoms with van der Waals surface area (Å²) in [6.07, 6.45) is 1.46. The van der Waals surface area contributed by atoms with Crippen LogP contribution in [0.15, 0.2) is 24.3 Å². The number of hydrogen-bond donors (Lipinski definition) is 2. The highest BCUT2D eigenvalue weighted by Crippen LogP contribution is 2.13. The number of benzene rings is 1. The maximum Gasteiger partial charge on any atom is 0.173 e. The van der Waals surface area contributed by atoms with Crippen molar-refractivity contribution in [2.24, 2.45) is 0 Å². The SMILES string of the molecule is OC1CCCN(C(=S)Nc2ccc(F)cc2)C1. The van der Waals surface area contributed by atoms with E-state index in [9.17, 15) is 9.50 Å². The second-order valence-electron chi connectivity index (χ2n) is 4.18. The molecule has 0 spiro atoms. The van der Waals surface area contributed by atoms with E-state index in [1.807, 2.05) is 4.90 Å². The molecule has 2 rings (SSSR count). The van der Waals surface area contributed by atoms with Crippen molar-refractivity contribution in [1.82, 2.24) is 4.90 Å². The second-order valence-corrected chi connectivity index (χ2v) is 4.57. The molecule has 1 aliphatic rings. The molecule has 1 aromatic rings. The smallest absolute Gasteiger partial charge is 0.173 e. The molecule has 2 N–H and O–H groups in total. The molecule has 1 saturated heterocycles. The average molecular weight is 254 g/mol. The van der Waals surface area contributed by atoms with Crippen LogP contribution in [0.25, 0.3) is 0 Å². The molecule has 3 nitrogen and oxygen atoms in total. The first-order chi connectivity index (χ1) is 8.15. The number of aliphatic hydroxyl groups is 1. The van der Waals surface area contributed by atoms with Crippen LogP contribution in [0.2, 0.25) is 0 Å². The molecular formula is C12H15FN2OS. The Balaban J connectivity index is 1.94. The molecule has 0 radical (unpaired) electrons. The zero-order valence-electron chi connectivity index (χ0n) is 9.40. The Hall–Kier alpha value is -1.20. The second kappa shape index (κ2) is 5.42. The standard InChI is InChI=1S/C12H15FN2OS/c13-9-3-5-10(6-4-9)14-12(17)15-7-1-2-11(16)8-15/h3-6,11,16H,1-2,7-8H2,(H,14,17). The number of anilines is 1. The largest absolute Gasteiger partial charge is 0.391 e. The van der Waals surface area contributed by atoms with Crippen LogP contribution >= 0.6 is 12.2 Å². The van der Waals surface area contributed by atoms with Gasteiger partial charge in [-0.2, -0.15) is 0 Å². The fraction of sp³-hybridized carbons (Fsp3) is 0.417. The lowest BCUT2D eigenvalue weighted by Crippen LogP contribution is -2.44. The summed E-state index contributed by atoms with van der Waals surface area (Å²) < 4.78 is 12.7. The minimum Gasteiger partial charge on any atom is -0.391 e. The first-order valence-corrected chi connectivity index (χ1v) is 6.05. The molecule has 92 valence electrons. The lowest BCUT2D eigenvalue weighted by atomic mass is 10.1. The molecule has 5 heteroatoms. The number of β-amino-alcohol motifs (C(OH)–C–C–N with tert-alkyl or cyclic N) is 1. The van der Waals surface area contributed by atoms with E-state index in [1.54, 1.807) is 12.1 Å². The predicted octanol–water partition coefficient (Wildman–Crippen LogP) is 1.98. The highest BCUT2D eigenvalue weighted by Gasteiger charge is 2.19. The summed E-state index contributed by atoms with van der Waals surface area (Å²) in [5.74, 6) is -0.269. The minimum atomic E-state index is -0.309. The monoisotopic (exact) mass is 254 g/mol. The average Bonchev–Trinajstić information content (AvgIpc) is 2.32. The lowest BCUT2D eigenvalue weighted by molar-refractivity contribution is 0.104. The van der Waals surface area contributed by atoms with Crippen LogP contribution in [-0.2, 0) is 0 Å². The summed E-state index contributed by atoms with van der Waals surface area (Å²) in [4.78, 5) is 1.94. The van der Waals surface area contributed by atoms with Crippen LogP contribution in [0.4, 0.5) is 10.1 Å². The molecule has 1 unspecified atom stereocenters. The third-order valence-corrected chi connectivity index (χ3v) is 3.14. The molecule has 1 aromatic carbocycles. The quantitative estimate of drug-likeness (QED) is 0.751. The number of piperidine rings is 1. The maximum atomic E-state index is 12.7. The Labute approximate surface area is 105 Å². The van der Waals surface area contributed by atoms with E-state index in [0.717, 1.165) is 25.1 Å². The first kappa shape index (κ1) is 12.3. The van der Waals surface area contributed by atoms with Crippen LogP contribution in [0, 0.1) is 5.82 Å². The highest BCUT2D eigenvalue weighted by molar-refractivity contribution is 7.80. The third-order valence-electron chi connectivity index (χ3n) is 2.78. The number of likely N-dealkylation sites (tertiary alicyclic amines) is 1. The molecule has 0 amide bonds. The van der Waals surface area contributed by atoms with Crippen LogP contribution in [-0.4, -0.2) is 34.3 Å². The van der Waals surface area contributed by atoms with Crippen molar-refractivity contribution in [1.29, 1.82) is 0 Å². The molecular weight excluding hydrogens is 239 g/mol. The summed E-state index contributed by atoms with van der Waals surface area (Å²) in [5.41, 5.74) is 0.761. The molecule has 0 bridgehead atoms. The zero-order chi connectivity index (χ0) is 12.3. The summed E-state index contributed by atoms with van der Waals surface area (Å²) in [5, 5.41) is 13.2. The summed E-state index contributed by atoms with van der Waals surface area (Å²) in [6, 6.07) is 6.05. The number of aliphatic hydroxyl groups excluding tert-OH is 1. The number of thiocarbonyl (C=S) groups is 1. The van der Waals surface area contributed by atoms with Crippen LogP contribution < -0.4 is 5.32 Å². The number of nitrogens with one attached hydrogen (secondary N) is 1. The van der Waals surface area contributed by atoms with Crippen LogP contribution in [0.1, 0.15) is 12.8 Å². The Morgan fingerprint density at radius 2 is 2.12 bits per heavy atom. The number of halogens is 1. The van der Waals surface area contributed by atoms with Gasteiger partial charge in [0, 0.05) is 18.8 Å². The predicted molar refractivity (Wildman–Crippen MR) is 69.4 cm³/mol. The molecule has 0 aromatic heterocycles. The summed E-state index contributed by atoms with van der Waals surface area (Å²) in [6.45, 7) is 1.41. The van der Waals surface area contributed by atoms with Gasteiger partial charge in [0.25, 0.3) is 0 Å². The van der Waals surface area contributed by atoms with Crippen molar-refractivity contribution >= 4 is 23.0 Å². The van der Waals surface area contributed by atoms with Crippen molar-refractivity contribution in [2.75, 3.05) is 18.4 Å². The van der Waals surface area contributed by atoms with Crippen LogP contribution in [0.3, 0.4) is 0 Å². The van der Waals surface area contributed by atoms with E-state index in [2.05, 4.69) is 5.32 Å². The van der Waals surface area contributed by atoms with Gasteiger partial charge in [-0.15, -0.1) is 0 Å². The number of hydrogen-bond acceptors (Lipinski definition) is 2. The van der Waals surface area contributed by atoms with E-state index >= 15 is 0 Å². The molecule has 0 aliphatic carbocycles. The molecule has 1 heterocycles. The van der Waals surface area contributed by atoms with Crippen molar-refractivity contribution in [3.05, 3.63) is 30.1 Å². The zero-order valence-corrected chi connectivity index (χ0v) is 10.2. The maximum absolute atomic E-state index is 12.7. The topological polar surface area (TPSA) is 35.5 Å². The van der Waals surface area contributed by atoms with Crippen molar-refractivity contribution < 1.29 is 9.50 Å². The first-order valence-electron chi connectivity index (χ1n) is 5.65. The van der Waals surface area contributed by atoms with E-state index in [0.29, 0.717) is 11.7 Å². The van der Waals surface area contributed by atoms with Crippen molar-refractivity contribution in [3.63, 3.8) is 0 Å². The summed E-state index contributed by atoms with van der Waals surface area (Å²) in [7, 11) is 0. The normalized spacial score (nSPS) is 20.1. The van der Waals surface area contributed by atoms with Gasteiger partial charge in [-0.05, 0) is 49.3 Å². The van der Waals surface area contributed by atoms with Crippen LogP contribution in [0.5, 0.6) is 0 Å². The molecule has 17 heavy (non-hydrogen) atoms. The number of nitrogens with zero attached hydrogens (tertiary/aromatic N) is 1. The van der Waals surface area contributed by atoms with Gasteiger partial charge >= 0.3 is 0 Å². The van der Waals surface area contributed by atoms with Crippen molar-refractivity contribution in [3.8, 4) is 0 Å².